The predicted molar refractivity (Wildman–Crippen MR) is 77.5 cm³/mol. The minimum Gasteiger partial charge on any atom is -0.564 e. The van der Waals surface area contributed by atoms with E-state index in [4.69, 9.17) is 9.53 Å². The molecule has 0 aromatic heterocycles. The highest BCUT2D eigenvalue weighted by Gasteiger charge is 2.26. The van der Waals surface area contributed by atoms with Crippen LogP contribution >= 0.6 is 0 Å². The lowest BCUT2D eigenvalue weighted by molar-refractivity contribution is 0.206. The van der Waals surface area contributed by atoms with Crippen molar-refractivity contribution in [1.82, 2.24) is 4.90 Å². The molecule has 0 radical (unpaired) electrons. The van der Waals surface area contributed by atoms with Crippen LogP contribution in [0.3, 0.4) is 0 Å². The predicted octanol–water partition coefficient (Wildman–Crippen LogP) is 2.81. The number of likely N-dealkylation sites (tertiary alicyclic amines) is 1. The molecular formula is C14H27NO2Si-. The van der Waals surface area contributed by atoms with E-state index in [1.807, 2.05) is 6.11 Å². The molecule has 0 spiro atoms. The first-order valence-electron chi connectivity index (χ1n) is 6.80. The number of hydrogen-bond donors (Lipinski definition) is 1. The summed E-state index contributed by atoms with van der Waals surface area (Å²) in [5.41, 5.74) is 0. The highest BCUT2D eigenvalue weighted by atomic mass is 28.4. The molecule has 1 N–H and O–H groups in total. The smallest absolute Gasteiger partial charge is 0.109 e. The van der Waals surface area contributed by atoms with Crippen molar-refractivity contribution in [1.29, 1.82) is 0 Å². The average Bonchev–Trinajstić information content (AvgIpc) is 2.64. The summed E-state index contributed by atoms with van der Waals surface area (Å²) >= 11 is 0. The van der Waals surface area contributed by atoms with E-state index >= 15 is 0 Å². The van der Waals surface area contributed by atoms with Crippen LogP contribution in [0.4, 0.5) is 0 Å². The summed E-state index contributed by atoms with van der Waals surface area (Å²) in [6.07, 6.45) is 4.28. The Morgan fingerprint density at radius 1 is 1.39 bits per heavy atom. The van der Waals surface area contributed by atoms with Gasteiger partial charge in [-0.3, -0.25) is 4.90 Å². The zero-order chi connectivity index (χ0) is 13.8. The third-order valence-corrected chi connectivity index (χ3v) is 8.78. The van der Waals surface area contributed by atoms with Gasteiger partial charge in [-0.15, -0.1) is 18.1 Å². The number of rotatable bonds is 4. The first-order valence-corrected chi connectivity index (χ1v) is 9.71. The molecule has 18 heavy (non-hydrogen) atoms. The number of hydrogen-bond acceptors (Lipinski definition) is 3. The van der Waals surface area contributed by atoms with Crippen molar-refractivity contribution in [2.45, 2.75) is 57.8 Å². The Bertz CT molecular complexity index is 325. The minimum atomic E-state index is -1.63. The third-order valence-electron chi connectivity index (χ3n) is 4.24. The maximum absolute atomic E-state index is 8.69. The third kappa shape index (κ3) is 4.01. The fourth-order valence-corrected chi connectivity index (χ4v) is 3.00. The van der Waals surface area contributed by atoms with Gasteiger partial charge >= 0.3 is 0 Å². The Labute approximate surface area is 113 Å². The van der Waals surface area contributed by atoms with E-state index in [2.05, 4.69) is 44.7 Å². The van der Waals surface area contributed by atoms with Crippen LogP contribution in [0.5, 0.6) is 0 Å². The highest BCUT2D eigenvalue weighted by molar-refractivity contribution is 6.74. The van der Waals surface area contributed by atoms with Crippen LogP contribution in [0.1, 0.15) is 33.6 Å². The molecule has 3 nitrogen and oxygen atoms in total. The van der Waals surface area contributed by atoms with Crippen LogP contribution in [0, 0.1) is 12.0 Å². The number of aliphatic hydroxyl groups is 1. The van der Waals surface area contributed by atoms with Crippen molar-refractivity contribution in [2.75, 3.05) is 19.7 Å². The molecular weight excluding hydrogens is 242 g/mol. The molecule has 1 saturated heterocycles. The normalized spacial score (nSPS) is 21.7. The van der Waals surface area contributed by atoms with Crippen LogP contribution in [0.25, 0.3) is 0 Å². The Hall–Kier alpha value is -0.503. The molecule has 0 aromatic rings. The fraction of sp³-hybridized carbons (Fsp3) is 0.857. The second-order valence-electron chi connectivity index (χ2n) is 6.56. The van der Waals surface area contributed by atoms with Gasteiger partial charge in [-0.1, -0.05) is 20.8 Å². The molecule has 1 atom stereocenters. The summed E-state index contributed by atoms with van der Waals surface area (Å²) < 4.78 is 6.17. The number of aliphatic hydroxyl groups excluding tert-OH is 1. The van der Waals surface area contributed by atoms with Crippen molar-refractivity contribution < 1.29 is 9.53 Å². The Morgan fingerprint density at radius 2 is 2.06 bits per heavy atom. The fourth-order valence-electron chi connectivity index (χ4n) is 1.97. The van der Waals surface area contributed by atoms with Crippen molar-refractivity contribution in [3.63, 3.8) is 0 Å². The van der Waals surface area contributed by atoms with Gasteiger partial charge in [0.15, 0.2) is 0 Å². The summed E-state index contributed by atoms with van der Waals surface area (Å²) in [7, 11) is -1.63. The van der Waals surface area contributed by atoms with Crippen molar-refractivity contribution in [2.24, 2.45) is 0 Å². The van der Waals surface area contributed by atoms with Crippen molar-refractivity contribution >= 4 is 8.32 Å². The van der Waals surface area contributed by atoms with Crippen molar-refractivity contribution in [3.05, 3.63) is 0 Å². The van der Waals surface area contributed by atoms with Gasteiger partial charge in [0, 0.05) is 13.2 Å². The van der Waals surface area contributed by atoms with E-state index < -0.39 is 8.32 Å². The largest absolute Gasteiger partial charge is 0.564 e. The van der Waals surface area contributed by atoms with E-state index in [1.54, 1.807) is 0 Å². The van der Waals surface area contributed by atoms with Crippen LogP contribution < -0.4 is 0 Å². The monoisotopic (exact) mass is 269 g/mol. The number of nitrogens with zero attached hydrogens (tertiary/aromatic N) is 1. The summed E-state index contributed by atoms with van der Waals surface area (Å²) in [5.74, 6) is 2.86. The molecule has 0 saturated carbocycles. The van der Waals surface area contributed by atoms with Gasteiger partial charge in [-0.05, 0) is 33.6 Å². The molecule has 4 heteroatoms. The molecule has 0 amide bonds. The topological polar surface area (TPSA) is 32.7 Å². The second-order valence-corrected chi connectivity index (χ2v) is 11.4. The van der Waals surface area contributed by atoms with E-state index in [9.17, 15) is 0 Å². The average molecular weight is 269 g/mol. The zero-order valence-corrected chi connectivity index (χ0v) is 13.4. The lowest BCUT2D eigenvalue weighted by Gasteiger charge is -2.48. The molecule has 1 heterocycles. The van der Waals surface area contributed by atoms with Gasteiger partial charge in [0.25, 0.3) is 0 Å². The Balaban J connectivity index is 2.39. The molecule has 1 aliphatic heterocycles. The van der Waals surface area contributed by atoms with Gasteiger partial charge < -0.3 is 9.53 Å². The highest BCUT2D eigenvalue weighted by Crippen LogP contribution is 2.36. The summed E-state index contributed by atoms with van der Waals surface area (Å²) in [5, 5.41) is 8.96. The zero-order valence-electron chi connectivity index (χ0n) is 12.4. The van der Waals surface area contributed by atoms with Crippen LogP contribution in [0.15, 0.2) is 0 Å². The summed E-state index contributed by atoms with van der Waals surface area (Å²) in [6.45, 7) is 14.1. The van der Waals surface area contributed by atoms with E-state index in [-0.39, 0.29) is 11.1 Å². The maximum atomic E-state index is 8.69. The molecule has 0 bridgehead atoms. The van der Waals surface area contributed by atoms with Crippen LogP contribution in [-0.2, 0) is 4.43 Å². The summed E-state index contributed by atoms with van der Waals surface area (Å²) in [4.78, 5) is 2.32. The first-order chi connectivity index (χ1) is 8.28. The van der Waals surface area contributed by atoms with Gasteiger partial charge in [-0.25, -0.2) is 0 Å². The summed E-state index contributed by atoms with van der Waals surface area (Å²) in [6, 6.07) is 0.220. The van der Waals surface area contributed by atoms with Crippen LogP contribution in [-0.4, -0.2) is 44.1 Å². The Kier molecular flexibility index (Phi) is 5.27. The molecule has 1 fully saturated rings. The molecule has 0 aromatic carbocycles. The molecule has 1 aliphatic rings. The van der Waals surface area contributed by atoms with Gasteiger partial charge in [0.1, 0.15) is 6.11 Å². The molecule has 1 unspecified atom stereocenters. The maximum Gasteiger partial charge on any atom is 0.109 e. The Morgan fingerprint density at radius 3 is 2.61 bits per heavy atom. The lowest BCUT2D eigenvalue weighted by Crippen LogP contribution is -2.43. The first kappa shape index (κ1) is 15.6. The standard InChI is InChI=1S/C14H27NO2Si/c1-14(2,3)18(4,5)17-12-10-15-9-6-7-13(15)8-11-16/h13,16H,6-7,9-10,12H2,1-5H3/q-1. The van der Waals surface area contributed by atoms with Crippen LogP contribution in [0.2, 0.25) is 18.1 Å². The molecule has 1 rings (SSSR count). The second kappa shape index (κ2) is 6.09. The SMILES string of the molecule is CC(C)(C)[Si-](C)(C)OCCN1CCCC1C#CO. The minimum absolute atomic E-state index is 0.220. The quantitative estimate of drug-likeness (QED) is 0.629. The van der Waals surface area contributed by atoms with Gasteiger partial charge in [-0.2, -0.15) is 0 Å². The van der Waals surface area contributed by atoms with Gasteiger partial charge in [0.05, 0.1) is 6.04 Å². The van der Waals surface area contributed by atoms with E-state index in [1.165, 1.54) is 6.42 Å². The van der Waals surface area contributed by atoms with Gasteiger partial charge in [0.2, 0.25) is 0 Å². The molecule has 0 aliphatic carbocycles. The molecule has 105 valence electrons. The lowest BCUT2D eigenvalue weighted by atomic mass is 10.2. The van der Waals surface area contributed by atoms with Crippen molar-refractivity contribution in [3.8, 4) is 12.0 Å². The van der Waals surface area contributed by atoms with E-state index in [0.717, 1.165) is 26.1 Å². The van der Waals surface area contributed by atoms with E-state index in [0.29, 0.717) is 0 Å².